The van der Waals surface area contributed by atoms with Crippen LogP contribution < -0.4 is 9.13 Å². The number of nitrogens with zero attached hydrogens (tertiary/aromatic N) is 2. The maximum Gasteiger partial charge on any atom is 0.217 e. The van der Waals surface area contributed by atoms with Gasteiger partial charge in [0.2, 0.25) is 11.4 Å². The number of aromatic nitrogens is 2. The number of thiophene rings is 1. The van der Waals surface area contributed by atoms with E-state index in [1.807, 2.05) is 11.3 Å². The molecular weight excluding hydrogens is 532 g/mol. The quantitative estimate of drug-likeness (QED) is 0.152. The lowest BCUT2D eigenvalue weighted by Gasteiger charge is -2.30. The van der Waals surface area contributed by atoms with E-state index in [-0.39, 0.29) is 18.0 Å². The van der Waals surface area contributed by atoms with Gasteiger partial charge in [-0.3, -0.25) is 0 Å². The van der Waals surface area contributed by atoms with Crippen LogP contribution >= 0.6 is 11.3 Å². The molecule has 2 aliphatic heterocycles. The molecule has 42 heavy (non-hydrogen) atoms. The molecule has 0 aliphatic carbocycles. The SMILES string of the molecule is C=CC1C(C2c3ccc4c(oc5c4ccc4cc(C)sc45)c3-c3cc(C)c(C)c[n+]32)c2ccccc2-c2cccc[n+]21. The number of fused-ring (bicyclic) bond motifs is 12. The third-order valence-corrected chi connectivity index (χ3v) is 10.7. The average molecular weight is 563 g/mol. The van der Waals surface area contributed by atoms with Gasteiger partial charge in [-0.2, -0.15) is 9.13 Å². The van der Waals surface area contributed by atoms with E-state index in [9.17, 15) is 0 Å². The van der Waals surface area contributed by atoms with Crippen molar-refractivity contribution in [1.82, 2.24) is 0 Å². The molecule has 202 valence electrons. The first-order valence-corrected chi connectivity index (χ1v) is 15.5. The monoisotopic (exact) mass is 562 g/mol. The third-order valence-electron chi connectivity index (χ3n) is 9.67. The maximum absolute atomic E-state index is 6.94. The van der Waals surface area contributed by atoms with E-state index < -0.39 is 0 Å². The highest BCUT2D eigenvalue weighted by atomic mass is 32.1. The number of furan rings is 1. The van der Waals surface area contributed by atoms with Crippen LogP contribution in [0.25, 0.3) is 54.5 Å². The topological polar surface area (TPSA) is 20.9 Å². The summed E-state index contributed by atoms with van der Waals surface area (Å²) in [4.78, 5) is 1.31. The Bertz CT molecular complexity index is 2290. The van der Waals surface area contributed by atoms with Crippen LogP contribution in [0.5, 0.6) is 0 Å². The lowest BCUT2D eigenvalue weighted by atomic mass is 9.76. The minimum atomic E-state index is 0.0842. The van der Waals surface area contributed by atoms with Gasteiger partial charge in [-0.25, -0.2) is 0 Å². The Morgan fingerprint density at radius 3 is 2.48 bits per heavy atom. The molecule has 0 N–H and O–H groups in total. The Balaban J connectivity index is 1.38. The molecule has 0 spiro atoms. The summed E-state index contributed by atoms with van der Waals surface area (Å²) in [7, 11) is 0. The molecule has 0 saturated carbocycles. The van der Waals surface area contributed by atoms with Crippen molar-refractivity contribution in [2.45, 2.75) is 38.8 Å². The van der Waals surface area contributed by atoms with Gasteiger partial charge in [-0.1, -0.05) is 36.9 Å². The summed E-state index contributed by atoms with van der Waals surface area (Å²) in [5.74, 6) is 0.152. The second-order valence-corrected chi connectivity index (χ2v) is 13.2. The normalized spacial score (nSPS) is 18.7. The predicted molar refractivity (Wildman–Crippen MR) is 171 cm³/mol. The zero-order valence-electron chi connectivity index (χ0n) is 23.9. The number of allylic oxidation sites excluding steroid dienone is 1. The summed E-state index contributed by atoms with van der Waals surface area (Å²) in [6.45, 7) is 11.0. The Morgan fingerprint density at radius 1 is 0.786 bits per heavy atom. The maximum atomic E-state index is 6.94. The largest absolute Gasteiger partial charge is 0.454 e. The summed E-state index contributed by atoms with van der Waals surface area (Å²) in [5.41, 5.74) is 12.2. The highest BCUT2D eigenvalue weighted by Gasteiger charge is 2.52. The van der Waals surface area contributed by atoms with Crippen molar-refractivity contribution < 1.29 is 13.6 Å². The van der Waals surface area contributed by atoms with E-state index in [0.717, 1.165) is 11.2 Å². The minimum Gasteiger partial charge on any atom is -0.454 e. The molecule has 4 heteroatoms. The first-order valence-electron chi connectivity index (χ1n) is 14.7. The molecule has 4 aromatic heterocycles. The Morgan fingerprint density at radius 2 is 1.60 bits per heavy atom. The second kappa shape index (κ2) is 8.50. The molecule has 3 nitrogen and oxygen atoms in total. The molecule has 9 rings (SSSR count). The van der Waals surface area contributed by atoms with Crippen LogP contribution in [0.4, 0.5) is 0 Å². The van der Waals surface area contributed by atoms with Crippen molar-refractivity contribution in [2.24, 2.45) is 0 Å². The first kappa shape index (κ1) is 24.1. The van der Waals surface area contributed by atoms with Crippen molar-refractivity contribution in [3.63, 3.8) is 0 Å². The van der Waals surface area contributed by atoms with Gasteiger partial charge in [0.1, 0.15) is 11.5 Å². The van der Waals surface area contributed by atoms with E-state index >= 15 is 0 Å². The van der Waals surface area contributed by atoms with Crippen molar-refractivity contribution in [3.8, 4) is 22.5 Å². The van der Waals surface area contributed by atoms with E-state index in [0.29, 0.717) is 0 Å². The van der Waals surface area contributed by atoms with E-state index in [1.54, 1.807) is 0 Å². The lowest BCUT2D eigenvalue weighted by Crippen LogP contribution is -2.52. The predicted octanol–water partition coefficient (Wildman–Crippen LogP) is 9.06. The Labute approximate surface area is 248 Å². The fourth-order valence-corrected chi connectivity index (χ4v) is 8.71. The van der Waals surface area contributed by atoms with Crippen LogP contribution in [0, 0.1) is 20.8 Å². The molecule has 2 aliphatic rings. The zero-order valence-corrected chi connectivity index (χ0v) is 24.7. The standard InChI is InChI=1S/C38H30N2OS/c1-5-30-33(26-11-7-6-10-25(26)31-12-8-9-17-39(30)31)35-29-16-15-27-28-14-13-24-19-23(4)42-38(24)37(28)41-36(27)34(29)32-18-21(2)22(3)20-40(32)35/h5-20,30,33,35H,1H2,2-4H3/q+2. The highest BCUT2D eigenvalue weighted by Crippen LogP contribution is 2.52. The molecule has 6 heterocycles. The van der Waals surface area contributed by atoms with Gasteiger partial charge in [0.15, 0.2) is 30.1 Å². The summed E-state index contributed by atoms with van der Waals surface area (Å²) in [6.07, 6.45) is 6.71. The molecule has 0 amide bonds. The van der Waals surface area contributed by atoms with Gasteiger partial charge >= 0.3 is 0 Å². The van der Waals surface area contributed by atoms with Crippen molar-refractivity contribution in [3.05, 3.63) is 131 Å². The van der Waals surface area contributed by atoms with Crippen LogP contribution in [0.3, 0.4) is 0 Å². The fraction of sp³-hybridized carbons (Fsp3) is 0.158. The van der Waals surface area contributed by atoms with E-state index in [1.165, 1.54) is 70.5 Å². The van der Waals surface area contributed by atoms with Crippen LogP contribution in [-0.2, 0) is 0 Å². The van der Waals surface area contributed by atoms with E-state index in [2.05, 4.69) is 134 Å². The number of aryl methyl sites for hydroxylation is 3. The molecule has 0 radical (unpaired) electrons. The zero-order chi connectivity index (χ0) is 28.3. The minimum absolute atomic E-state index is 0.0842. The van der Waals surface area contributed by atoms with E-state index in [4.69, 9.17) is 4.42 Å². The number of hydrogen-bond donors (Lipinski definition) is 0. The van der Waals surface area contributed by atoms with Gasteiger partial charge < -0.3 is 4.42 Å². The first-order chi connectivity index (χ1) is 20.5. The molecule has 7 aromatic rings. The smallest absolute Gasteiger partial charge is 0.217 e. The molecule has 0 saturated heterocycles. The molecule has 3 aromatic carbocycles. The summed E-state index contributed by atoms with van der Waals surface area (Å²) < 4.78 is 13.1. The summed E-state index contributed by atoms with van der Waals surface area (Å²) >= 11 is 1.82. The molecule has 0 bridgehead atoms. The summed E-state index contributed by atoms with van der Waals surface area (Å²) in [5, 5.41) is 3.63. The number of hydrogen-bond acceptors (Lipinski definition) is 2. The van der Waals surface area contributed by atoms with Crippen molar-refractivity contribution >= 4 is 43.4 Å². The number of pyridine rings is 2. The van der Waals surface area contributed by atoms with Gasteiger partial charge in [0, 0.05) is 45.0 Å². The summed E-state index contributed by atoms with van der Waals surface area (Å²) in [6, 6.07) is 29.4. The second-order valence-electron chi connectivity index (χ2n) is 11.9. The Kier molecular flexibility index (Phi) is 4.87. The van der Waals surface area contributed by atoms with Crippen molar-refractivity contribution in [1.29, 1.82) is 0 Å². The number of benzene rings is 3. The molecule has 0 fully saturated rings. The molecule has 3 unspecified atom stereocenters. The van der Waals surface area contributed by atoms with Gasteiger partial charge in [-0.15, -0.1) is 11.3 Å². The lowest BCUT2D eigenvalue weighted by molar-refractivity contribution is -0.739. The van der Waals surface area contributed by atoms with Gasteiger partial charge in [-0.05, 0) is 73.7 Å². The number of rotatable bonds is 2. The van der Waals surface area contributed by atoms with Crippen LogP contribution in [0.15, 0.2) is 108 Å². The molecule has 3 atom stereocenters. The average Bonchev–Trinajstić information content (AvgIpc) is 3.67. The van der Waals surface area contributed by atoms with Crippen molar-refractivity contribution in [2.75, 3.05) is 0 Å². The molecular formula is C38H30N2OS+2. The Hall–Kier alpha value is -4.54. The third kappa shape index (κ3) is 3.05. The highest BCUT2D eigenvalue weighted by molar-refractivity contribution is 7.19. The fourth-order valence-electron chi connectivity index (χ4n) is 7.71. The van der Waals surface area contributed by atoms with Gasteiger partial charge in [0.25, 0.3) is 0 Å². The van der Waals surface area contributed by atoms with Gasteiger partial charge in [0.05, 0.1) is 15.8 Å². The van der Waals surface area contributed by atoms with Crippen LogP contribution in [0.2, 0.25) is 0 Å². The van der Waals surface area contributed by atoms with Crippen LogP contribution in [-0.4, -0.2) is 0 Å². The van der Waals surface area contributed by atoms with Crippen LogP contribution in [0.1, 0.15) is 45.1 Å².